The van der Waals surface area contributed by atoms with E-state index in [2.05, 4.69) is 15.5 Å². The Kier molecular flexibility index (Phi) is 6.14. The van der Waals surface area contributed by atoms with Crippen LogP contribution in [0.5, 0.6) is 5.75 Å². The Morgan fingerprint density at radius 2 is 1.86 bits per heavy atom. The van der Waals surface area contributed by atoms with Crippen LogP contribution in [0, 0.1) is 6.92 Å². The fraction of sp³-hybridized carbons (Fsp3) is 0.211. The number of benzene rings is 2. The highest BCUT2D eigenvalue weighted by Crippen LogP contribution is 2.27. The summed E-state index contributed by atoms with van der Waals surface area (Å²) in [6.45, 7) is 3.47. The standard InChI is InChI=1S/C19H20N4O4S2/c1-13-8-7-9-15(12-13)23(3)29(25,26)19-22-21-18(28-19)20-17(24)14(2)27-16-10-5-4-6-11-16/h4-12,14H,1-3H3,(H,20,21,24)/t14-/m1/s1. The third-order valence-corrected chi connectivity index (χ3v) is 6.98. The number of anilines is 2. The molecule has 2 aromatic carbocycles. The van der Waals surface area contributed by atoms with E-state index in [-0.39, 0.29) is 9.47 Å². The minimum atomic E-state index is -3.90. The van der Waals surface area contributed by atoms with Crippen molar-refractivity contribution >= 4 is 38.1 Å². The summed E-state index contributed by atoms with van der Waals surface area (Å²) in [6.07, 6.45) is -0.795. The number of nitrogens with one attached hydrogen (secondary N) is 1. The number of hydrogen-bond donors (Lipinski definition) is 1. The third kappa shape index (κ3) is 4.90. The fourth-order valence-electron chi connectivity index (χ4n) is 2.41. The number of nitrogens with zero attached hydrogens (tertiary/aromatic N) is 3. The van der Waals surface area contributed by atoms with Gasteiger partial charge in [-0.15, -0.1) is 10.2 Å². The maximum Gasteiger partial charge on any atom is 0.293 e. The lowest BCUT2D eigenvalue weighted by Crippen LogP contribution is -2.30. The molecule has 0 aliphatic carbocycles. The number of ether oxygens (including phenoxy) is 1. The number of aryl methyl sites for hydroxylation is 1. The van der Waals surface area contributed by atoms with Gasteiger partial charge >= 0.3 is 0 Å². The number of carbonyl (C=O) groups excluding carboxylic acids is 1. The van der Waals surface area contributed by atoms with Crippen LogP contribution in [0.1, 0.15) is 12.5 Å². The van der Waals surface area contributed by atoms with Crippen molar-refractivity contribution in [2.75, 3.05) is 16.7 Å². The molecule has 1 amide bonds. The highest BCUT2D eigenvalue weighted by Gasteiger charge is 2.27. The lowest BCUT2D eigenvalue weighted by Gasteiger charge is -2.17. The average Bonchev–Trinajstić information content (AvgIpc) is 3.17. The molecule has 0 bridgehead atoms. The van der Waals surface area contributed by atoms with Crippen molar-refractivity contribution in [2.45, 2.75) is 24.3 Å². The lowest BCUT2D eigenvalue weighted by atomic mass is 10.2. The van der Waals surface area contributed by atoms with E-state index in [1.807, 2.05) is 19.1 Å². The molecule has 1 N–H and O–H groups in total. The summed E-state index contributed by atoms with van der Waals surface area (Å²) in [5.41, 5.74) is 1.44. The second-order valence-corrected chi connectivity index (χ2v) is 9.37. The predicted octanol–water partition coefficient (Wildman–Crippen LogP) is 3.08. The molecule has 0 unspecified atom stereocenters. The van der Waals surface area contributed by atoms with Crippen LogP contribution < -0.4 is 14.4 Å². The number of amides is 1. The molecule has 0 aliphatic rings. The van der Waals surface area contributed by atoms with Crippen LogP contribution in [0.25, 0.3) is 0 Å². The second-order valence-electron chi connectivity index (χ2n) is 6.25. The highest BCUT2D eigenvalue weighted by molar-refractivity contribution is 7.94. The number of para-hydroxylation sites is 1. The molecule has 3 aromatic rings. The summed E-state index contributed by atoms with van der Waals surface area (Å²) in [5, 5.41) is 10.1. The first-order valence-electron chi connectivity index (χ1n) is 8.69. The molecule has 29 heavy (non-hydrogen) atoms. The van der Waals surface area contributed by atoms with E-state index in [0.717, 1.165) is 21.2 Å². The van der Waals surface area contributed by atoms with Gasteiger partial charge in [-0.3, -0.25) is 14.4 Å². The van der Waals surface area contributed by atoms with Crippen molar-refractivity contribution in [3.8, 4) is 5.75 Å². The van der Waals surface area contributed by atoms with Gasteiger partial charge in [0.15, 0.2) is 6.10 Å². The topological polar surface area (TPSA) is 101 Å². The van der Waals surface area contributed by atoms with Gasteiger partial charge in [0.25, 0.3) is 20.3 Å². The van der Waals surface area contributed by atoms with Crippen molar-refractivity contribution in [2.24, 2.45) is 0 Å². The van der Waals surface area contributed by atoms with Crippen molar-refractivity contribution in [3.63, 3.8) is 0 Å². The molecule has 0 spiro atoms. The normalized spacial score (nSPS) is 12.2. The lowest BCUT2D eigenvalue weighted by molar-refractivity contribution is -0.122. The van der Waals surface area contributed by atoms with Gasteiger partial charge in [-0.2, -0.15) is 8.42 Å². The number of rotatable bonds is 7. The molecule has 10 heteroatoms. The SMILES string of the molecule is Cc1cccc(N(C)S(=O)(=O)c2nnc(NC(=O)[C@@H](C)Oc3ccccc3)s2)c1. The van der Waals surface area contributed by atoms with Gasteiger partial charge in [0.05, 0.1) is 5.69 Å². The molecule has 0 radical (unpaired) electrons. The van der Waals surface area contributed by atoms with Gasteiger partial charge < -0.3 is 4.74 Å². The molecule has 1 aromatic heterocycles. The fourth-order valence-corrected chi connectivity index (χ4v) is 4.65. The van der Waals surface area contributed by atoms with E-state index in [9.17, 15) is 13.2 Å². The first kappa shape index (κ1) is 20.7. The Bertz CT molecular complexity index is 1100. The molecule has 1 atom stereocenters. The van der Waals surface area contributed by atoms with Crippen LogP contribution in [0.3, 0.4) is 0 Å². The molecule has 0 aliphatic heterocycles. The van der Waals surface area contributed by atoms with Gasteiger partial charge in [-0.25, -0.2) is 0 Å². The summed E-state index contributed by atoms with van der Waals surface area (Å²) in [6, 6.07) is 16.0. The molecule has 1 heterocycles. The molecular formula is C19H20N4O4S2. The second kappa shape index (κ2) is 8.58. The maximum atomic E-state index is 12.8. The molecule has 3 rings (SSSR count). The maximum absolute atomic E-state index is 12.8. The number of carbonyl (C=O) groups is 1. The van der Waals surface area contributed by atoms with Gasteiger partial charge in [-0.05, 0) is 43.7 Å². The predicted molar refractivity (Wildman–Crippen MR) is 112 cm³/mol. The molecule has 152 valence electrons. The zero-order chi connectivity index (χ0) is 21.0. The summed E-state index contributed by atoms with van der Waals surface area (Å²) < 4.78 is 32.1. The quantitative estimate of drug-likeness (QED) is 0.576. The Hall–Kier alpha value is -2.98. The molecular weight excluding hydrogens is 412 g/mol. The molecule has 0 saturated carbocycles. The zero-order valence-corrected chi connectivity index (χ0v) is 17.7. The third-order valence-electron chi connectivity index (χ3n) is 4.01. The van der Waals surface area contributed by atoms with E-state index in [1.54, 1.807) is 49.4 Å². The Labute approximate surface area is 173 Å². The van der Waals surface area contributed by atoms with E-state index in [4.69, 9.17) is 4.74 Å². The first-order valence-corrected chi connectivity index (χ1v) is 10.9. The number of aromatic nitrogens is 2. The van der Waals surface area contributed by atoms with Crippen molar-refractivity contribution in [1.29, 1.82) is 0 Å². The number of sulfonamides is 1. The van der Waals surface area contributed by atoms with Gasteiger partial charge in [0.1, 0.15) is 5.75 Å². The van der Waals surface area contributed by atoms with E-state index in [1.165, 1.54) is 7.05 Å². The van der Waals surface area contributed by atoms with Gasteiger partial charge in [-0.1, -0.05) is 41.7 Å². The Morgan fingerprint density at radius 3 is 2.55 bits per heavy atom. The number of hydrogen-bond acceptors (Lipinski definition) is 7. The van der Waals surface area contributed by atoms with E-state index >= 15 is 0 Å². The Balaban J connectivity index is 1.70. The first-order chi connectivity index (χ1) is 13.8. The summed E-state index contributed by atoms with van der Waals surface area (Å²) in [5.74, 6) is 0.0939. The van der Waals surface area contributed by atoms with Gasteiger partial charge in [0, 0.05) is 7.05 Å². The van der Waals surface area contributed by atoms with Crippen molar-refractivity contribution in [3.05, 3.63) is 60.2 Å². The smallest absolute Gasteiger partial charge is 0.293 e. The van der Waals surface area contributed by atoms with Gasteiger partial charge in [0.2, 0.25) is 5.13 Å². The summed E-state index contributed by atoms with van der Waals surface area (Å²) >= 11 is 0.780. The van der Waals surface area contributed by atoms with Crippen LogP contribution >= 0.6 is 11.3 Å². The van der Waals surface area contributed by atoms with E-state index in [0.29, 0.717) is 11.4 Å². The Morgan fingerprint density at radius 1 is 1.14 bits per heavy atom. The van der Waals surface area contributed by atoms with Crippen molar-refractivity contribution < 1.29 is 17.9 Å². The van der Waals surface area contributed by atoms with Crippen LogP contribution in [0.4, 0.5) is 10.8 Å². The highest BCUT2D eigenvalue weighted by atomic mass is 32.2. The van der Waals surface area contributed by atoms with Crippen LogP contribution in [-0.4, -0.2) is 37.7 Å². The van der Waals surface area contributed by atoms with Crippen LogP contribution in [0.15, 0.2) is 58.9 Å². The van der Waals surface area contributed by atoms with Crippen LogP contribution in [-0.2, 0) is 14.8 Å². The molecule has 0 saturated heterocycles. The minimum absolute atomic E-state index is 0.0785. The molecule has 0 fully saturated rings. The van der Waals surface area contributed by atoms with Crippen LogP contribution in [0.2, 0.25) is 0 Å². The van der Waals surface area contributed by atoms with Crippen molar-refractivity contribution in [1.82, 2.24) is 10.2 Å². The average molecular weight is 433 g/mol. The minimum Gasteiger partial charge on any atom is -0.481 e. The summed E-state index contributed by atoms with van der Waals surface area (Å²) in [4.78, 5) is 12.3. The molecule has 8 nitrogen and oxygen atoms in total. The van der Waals surface area contributed by atoms with E-state index < -0.39 is 22.0 Å². The monoisotopic (exact) mass is 432 g/mol. The summed E-state index contributed by atoms with van der Waals surface area (Å²) in [7, 11) is -2.45. The largest absolute Gasteiger partial charge is 0.481 e. The zero-order valence-electron chi connectivity index (χ0n) is 16.1.